The summed E-state index contributed by atoms with van der Waals surface area (Å²) in [6, 6.07) is 5.95. The van der Waals surface area contributed by atoms with Crippen molar-refractivity contribution >= 4 is 26.5 Å². The van der Waals surface area contributed by atoms with Crippen LogP contribution in [-0.4, -0.2) is 16.1 Å². The minimum atomic E-state index is -1.54. The molecule has 0 aliphatic carbocycles. The molecule has 0 atom stereocenters. The molecule has 84 valence electrons. The highest BCUT2D eigenvalue weighted by Crippen LogP contribution is 2.09. The van der Waals surface area contributed by atoms with Crippen LogP contribution in [0.1, 0.15) is 0 Å². The van der Waals surface area contributed by atoms with Gasteiger partial charge in [-0.1, -0.05) is 57.5 Å². The van der Waals surface area contributed by atoms with Crippen LogP contribution in [0.2, 0.25) is 39.3 Å². The Kier molecular flexibility index (Phi) is 3.26. The summed E-state index contributed by atoms with van der Waals surface area (Å²) in [6.07, 6.45) is 0. The first-order valence-corrected chi connectivity index (χ1v) is 12.4. The van der Waals surface area contributed by atoms with Gasteiger partial charge in [0.15, 0.2) is 0 Å². The van der Waals surface area contributed by atoms with Gasteiger partial charge in [0.1, 0.15) is 5.82 Å². The summed E-state index contributed by atoms with van der Waals surface area (Å²) in [5, 5.41) is 1.95. The Balaban J connectivity index is 3.37. The second kappa shape index (κ2) is 3.87. The quantitative estimate of drug-likeness (QED) is 0.697. The molecule has 0 saturated carbocycles. The fourth-order valence-corrected chi connectivity index (χ4v) is 4.59. The lowest BCUT2D eigenvalue weighted by Crippen LogP contribution is -2.48. The monoisotopic (exact) mass is 240 g/mol. The molecular weight excluding hydrogens is 219 g/mol. The van der Waals surface area contributed by atoms with Crippen LogP contribution in [0.25, 0.3) is 0 Å². The van der Waals surface area contributed by atoms with Crippen LogP contribution in [0.15, 0.2) is 18.2 Å². The topological polar surface area (TPSA) is 0 Å². The van der Waals surface area contributed by atoms with Gasteiger partial charge >= 0.3 is 0 Å². The van der Waals surface area contributed by atoms with Crippen LogP contribution in [0, 0.1) is 5.82 Å². The highest BCUT2D eigenvalue weighted by molar-refractivity contribution is 6.91. The fraction of sp³-hybridized carbons (Fsp3) is 0.500. The highest BCUT2D eigenvalue weighted by Gasteiger charge is 2.27. The molecule has 0 heterocycles. The third kappa shape index (κ3) is 2.78. The molecule has 1 aromatic carbocycles. The molecule has 0 fully saturated rings. The zero-order chi connectivity index (χ0) is 11.9. The van der Waals surface area contributed by atoms with E-state index in [1.807, 2.05) is 18.2 Å². The third-order valence-corrected chi connectivity index (χ3v) is 6.62. The smallest absolute Gasteiger partial charge is 0.121 e. The molecule has 15 heavy (non-hydrogen) atoms. The Morgan fingerprint density at radius 1 is 0.800 bits per heavy atom. The van der Waals surface area contributed by atoms with E-state index in [1.54, 1.807) is 0 Å². The van der Waals surface area contributed by atoms with Crippen molar-refractivity contribution in [3.8, 4) is 0 Å². The van der Waals surface area contributed by atoms with Crippen molar-refractivity contribution in [1.29, 1.82) is 0 Å². The summed E-state index contributed by atoms with van der Waals surface area (Å²) in [5.41, 5.74) is 0. The lowest BCUT2D eigenvalue weighted by atomic mass is 10.3. The van der Waals surface area contributed by atoms with Gasteiger partial charge in [0, 0.05) is 0 Å². The van der Waals surface area contributed by atoms with Gasteiger partial charge < -0.3 is 0 Å². The van der Waals surface area contributed by atoms with Crippen LogP contribution in [-0.2, 0) is 0 Å². The van der Waals surface area contributed by atoms with Crippen LogP contribution >= 0.6 is 0 Å². The number of rotatable bonds is 2. The van der Waals surface area contributed by atoms with Crippen molar-refractivity contribution < 1.29 is 4.39 Å². The van der Waals surface area contributed by atoms with Gasteiger partial charge in [-0.05, 0) is 10.4 Å². The number of halogens is 1. The molecule has 1 rings (SSSR count). The van der Waals surface area contributed by atoms with E-state index >= 15 is 0 Å². The first kappa shape index (κ1) is 12.7. The van der Waals surface area contributed by atoms with Crippen LogP contribution in [0.5, 0.6) is 0 Å². The van der Waals surface area contributed by atoms with Crippen molar-refractivity contribution in [2.24, 2.45) is 0 Å². The number of hydrogen-bond donors (Lipinski definition) is 0. The summed E-state index contributed by atoms with van der Waals surface area (Å²) in [7, 11) is -3.08. The third-order valence-electron chi connectivity index (χ3n) is 2.61. The predicted octanol–water partition coefficient (Wildman–Crippen LogP) is 2.92. The normalized spacial score (nSPS) is 13.0. The Morgan fingerprint density at radius 3 is 1.40 bits per heavy atom. The SMILES string of the molecule is C[Si](C)(C)c1cccc([Si](C)(C)C)c1F. The summed E-state index contributed by atoms with van der Waals surface area (Å²) >= 11 is 0. The van der Waals surface area contributed by atoms with Crippen molar-refractivity contribution in [1.82, 2.24) is 0 Å². The minimum absolute atomic E-state index is 0.0795. The molecule has 0 bridgehead atoms. The number of hydrogen-bond acceptors (Lipinski definition) is 0. The lowest BCUT2D eigenvalue weighted by molar-refractivity contribution is 0.642. The molecule has 0 radical (unpaired) electrons. The van der Waals surface area contributed by atoms with E-state index in [0.29, 0.717) is 0 Å². The van der Waals surface area contributed by atoms with Crippen LogP contribution in [0.3, 0.4) is 0 Å². The van der Waals surface area contributed by atoms with E-state index in [4.69, 9.17) is 0 Å². The Hall–Kier alpha value is -0.416. The lowest BCUT2D eigenvalue weighted by Gasteiger charge is -2.23. The first-order chi connectivity index (χ1) is 6.64. The van der Waals surface area contributed by atoms with Crippen LogP contribution in [0.4, 0.5) is 4.39 Å². The molecule has 1 aromatic rings. The standard InChI is InChI=1S/C12H21FSi2/c1-14(2,3)10-8-7-9-11(12(10)13)15(4,5)6/h7-9H,1-6H3. The maximum Gasteiger partial charge on any atom is 0.121 e. The molecule has 0 spiro atoms. The van der Waals surface area contributed by atoms with Crippen molar-refractivity contribution in [2.45, 2.75) is 39.3 Å². The van der Waals surface area contributed by atoms with Crippen molar-refractivity contribution in [3.63, 3.8) is 0 Å². The van der Waals surface area contributed by atoms with Gasteiger partial charge in [-0.15, -0.1) is 0 Å². The Labute approximate surface area is 94.5 Å². The van der Waals surface area contributed by atoms with Crippen LogP contribution < -0.4 is 10.4 Å². The molecule has 0 saturated heterocycles. The summed E-state index contributed by atoms with van der Waals surface area (Å²) in [4.78, 5) is 0. The van der Waals surface area contributed by atoms with Crippen molar-refractivity contribution in [2.75, 3.05) is 0 Å². The zero-order valence-corrected chi connectivity index (χ0v) is 12.6. The Bertz CT molecular complexity index is 327. The molecule has 3 heteroatoms. The van der Waals surface area contributed by atoms with Gasteiger partial charge in [-0.25, -0.2) is 4.39 Å². The second-order valence-electron chi connectivity index (χ2n) is 6.17. The van der Waals surface area contributed by atoms with Gasteiger partial charge in [0.05, 0.1) is 16.1 Å². The summed E-state index contributed by atoms with van der Waals surface area (Å²) in [5.74, 6) is 0.0795. The molecule has 0 unspecified atom stereocenters. The van der Waals surface area contributed by atoms with E-state index in [9.17, 15) is 4.39 Å². The molecule has 0 N–H and O–H groups in total. The van der Waals surface area contributed by atoms with E-state index in [0.717, 1.165) is 10.4 Å². The van der Waals surface area contributed by atoms with Gasteiger partial charge in [-0.3, -0.25) is 0 Å². The summed E-state index contributed by atoms with van der Waals surface area (Å²) < 4.78 is 14.3. The highest BCUT2D eigenvalue weighted by atomic mass is 28.3. The fourth-order valence-electron chi connectivity index (χ4n) is 1.69. The maximum absolute atomic E-state index is 14.3. The molecule has 0 aliphatic rings. The maximum atomic E-state index is 14.3. The minimum Gasteiger partial charge on any atom is -0.207 e. The number of benzene rings is 1. The molecule has 0 nitrogen and oxygen atoms in total. The average molecular weight is 240 g/mol. The van der Waals surface area contributed by atoms with E-state index < -0.39 is 16.1 Å². The van der Waals surface area contributed by atoms with Gasteiger partial charge in [-0.2, -0.15) is 0 Å². The largest absolute Gasteiger partial charge is 0.207 e. The van der Waals surface area contributed by atoms with Gasteiger partial charge in [0.2, 0.25) is 0 Å². The second-order valence-corrected chi connectivity index (χ2v) is 16.2. The molecule has 0 aliphatic heterocycles. The van der Waals surface area contributed by atoms with Crippen molar-refractivity contribution in [3.05, 3.63) is 24.0 Å². The van der Waals surface area contributed by atoms with Gasteiger partial charge in [0.25, 0.3) is 0 Å². The van der Waals surface area contributed by atoms with E-state index in [-0.39, 0.29) is 5.82 Å². The molecule has 0 aromatic heterocycles. The molecule has 0 amide bonds. The molecular formula is C12H21FSi2. The zero-order valence-electron chi connectivity index (χ0n) is 10.6. The predicted molar refractivity (Wildman–Crippen MR) is 72.4 cm³/mol. The average Bonchev–Trinajstić information content (AvgIpc) is 1.99. The summed E-state index contributed by atoms with van der Waals surface area (Å²) in [6.45, 7) is 13.2. The van der Waals surface area contributed by atoms with E-state index in [2.05, 4.69) is 39.3 Å². The first-order valence-electron chi connectivity index (χ1n) is 5.43. The van der Waals surface area contributed by atoms with E-state index in [1.165, 1.54) is 0 Å². The Morgan fingerprint density at radius 2 is 1.13 bits per heavy atom.